The zero-order valence-corrected chi connectivity index (χ0v) is 13.4. The summed E-state index contributed by atoms with van der Waals surface area (Å²) in [7, 11) is 1.66. The van der Waals surface area contributed by atoms with Crippen LogP contribution in [0.15, 0.2) is 18.2 Å². The third kappa shape index (κ3) is 3.89. The van der Waals surface area contributed by atoms with Crippen LogP contribution in [0, 0.1) is 0 Å². The van der Waals surface area contributed by atoms with Gasteiger partial charge in [0.25, 0.3) is 0 Å². The minimum atomic E-state index is 0.185. The molecule has 2 unspecified atom stereocenters. The molecule has 0 radical (unpaired) electrons. The molecule has 1 aliphatic rings. The van der Waals surface area contributed by atoms with Crippen LogP contribution in [0.1, 0.15) is 44.7 Å². The highest BCUT2D eigenvalue weighted by Crippen LogP contribution is 2.33. The molecule has 4 nitrogen and oxygen atoms in total. The lowest BCUT2D eigenvalue weighted by molar-refractivity contribution is 0.119. The highest BCUT2D eigenvalue weighted by Gasteiger charge is 2.27. The van der Waals surface area contributed by atoms with Crippen molar-refractivity contribution in [2.45, 2.75) is 45.2 Å². The predicted octanol–water partition coefficient (Wildman–Crippen LogP) is 2.93. The first-order valence-corrected chi connectivity index (χ1v) is 8.00. The van der Waals surface area contributed by atoms with Gasteiger partial charge in [0, 0.05) is 24.2 Å². The van der Waals surface area contributed by atoms with Gasteiger partial charge < -0.3 is 15.2 Å². The van der Waals surface area contributed by atoms with Crippen LogP contribution in [-0.4, -0.2) is 42.8 Å². The summed E-state index contributed by atoms with van der Waals surface area (Å²) in [6, 6.07) is 6.22. The summed E-state index contributed by atoms with van der Waals surface area (Å²) in [6.07, 6.45) is 3.56. The molecule has 1 aromatic carbocycles. The first-order chi connectivity index (χ1) is 10.2. The van der Waals surface area contributed by atoms with E-state index in [0.717, 1.165) is 37.4 Å². The summed E-state index contributed by atoms with van der Waals surface area (Å²) >= 11 is 0. The monoisotopic (exact) mass is 292 g/mol. The summed E-state index contributed by atoms with van der Waals surface area (Å²) in [5, 5.41) is 13.7. The Bertz CT molecular complexity index is 444. The van der Waals surface area contributed by atoms with Crippen LogP contribution in [0.25, 0.3) is 0 Å². The molecule has 4 heteroatoms. The minimum Gasteiger partial charge on any atom is -0.508 e. The van der Waals surface area contributed by atoms with E-state index >= 15 is 0 Å². The zero-order chi connectivity index (χ0) is 15.2. The number of benzene rings is 1. The van der Waals surface area contributed by atoms with Crippen molar-refractivity contribution in [3.8, 4) is 11.5 Å². The van der Waals surface area contributed by atoms with Crippen LogP contribution in [0.2, 0.25) is 0 Å². The molecular formula is C17H28N2O2. The molecule has 1 aromatic rings. The minimum absolute atomic E-state index is 0.185. The van der Waals surface area contributed by atoms with Crippen molar-refractivity contribution in [3.63, 3.8) is 0 Å². The fraction of sp³-hybridized carbons (Fsp3) is 0.647. The van der Waals surface area contributed by atoms with Crippen LogP contribution >= 0.6 is 0 Å². The number of aromatic hydroxyl groups is 1. The number of nitrogens with zero attached hydrogens (tertiary/aromatic N) is 1. The molecule has 0 bridgehead atoms. The first kappa shape index (κ1) is 16.1. The number of methoxy groups -OCH3 is 1. The molecule has 1 fully saturated rings. The Labute approximate surface area is 128 Å². The second-order valence-electron chi connectivity index (χ2n) is 5.84. The maximum atomic E-state index is 10.2. The molecule has 1 saturated heterocycles. The molecule has 2 atom stereocenters. The maximum Gasteiger partial charge on any atom is 0.120 e. The molecule has 118 valence electrons. The summed E-state index contributed by atoms with van der Waals surface area (Å²) in [5.41, 5.74) is 0.952. The molecule has 0 amide bonds. The number of hydrogen-bond donors (Lipinski definition) is 2. The fourth-order valence-electron chi connectivity index (χ4n) is 3.24. The Morgan fingerprint density at radius 1 is 1.48 bits per heavy atom. The summed E-state index contributed by atoms with van der Waals surface area (Å²) in [5.74, 6) is 1.15. The van der Waals surface area contributed by atoms with Gasteiger partial charge in [-0.3, -0.25) is 4.90 Å². The smallest absolute Gasteiger partial charge is 0.120 e. The number of phenols is 1. The van der Waals surface area contributed by atoms with Crippen LogP contribution in [0.3, 0.4) is 0 Å². The zero-order valence-electron chi connectivity index (χ0n) is 13.4. The molecule has 2 rings (SSSR count). The van der Waals surface area contributed by atoms with Gasteiger partial charge in [-0.15, -0.1) is 0 Å². The van der Waals surface area contributed by atoms with E-state index < -0.39 is 0 Å². The van der Waals surface area contributed by atoms with Gasteiger partial charge in [-0.1, -0.05) is 6.92 Å². The van der Waals surface area contributed by atoms with Gasteiger partial charge in [-0.25, -0.2) is 0 Å². The van der Waals surface area contributed by atoms with E-state index in [1.54, 1.807) is 19.2 Å². The lowest BCUT2D eigenvalue weighted by Gasteiger charge is -2.39. The van der Waals surface area contributed by atoms with E-state index in [-0.39, 0.29) is 6.04 Å². The standard InChI is InChI=1S/C17H28N2O2/c1-4-10-19(14-6-5-9-18-12-14)13(2)16-11-15(21-3)7-8-17(16)20/h7-8,11,13-14,18,20H,4-6,9-10,12H2,1-3H3. The number of ether oxygens (including phenoxy) is 1. The van der Waals surface area contributed by atoms with E-state index in [1.807, 2.05) is 6.07 Å². The Kier molecular flexibility index (Phi) is 5.88. The van der Waals surface area contributed by atoms with Crippen LogP contribution in [0.5, 0.6) is 11.5 Å². The van der Waals surface area contributed by atoms with Crippen molar-refractivity contribution in [1.29, 1.82) is 0 Å². The molecular weight excluding hydrogens is 264 g/mol. The van der Waals surface area contributed by atoms with Crippen molar-refractivity contribution in [3.05, 3.63) is 23.8 Å². The molecule has 0 spiro atoms. The fourth-order valence-corrected chi connectivity index (χ4v) is 3.24. The molecule has 2 N–H and O–H groups in total. The van der Waals surface area contributed by atoms with Crippen molar-refractivity contribution in [1.82, 2.24) is 10.2 Å². The molecule has 0 saturated carbocycles. The SMILES string of the molecule is CCCN(C1CCCNC1)C(C)c1cc(OC)ccc1O. The van der Waals surface area contributed by atoms with Crippen LogP contribution in [-0.2, 0) is 0 Å². The topological polar surface area (TPSA) is 44.7 Å². The second kappa shape index (κ2) is 7.66. The van der Waals surface area contributed by atoms with Gasteiger partial charge >= 0.3 is 0 Å². The number of rotatable bonds is 6. The predicted molar refractivity (Wildman–Crippen MR) is 86.0 cm³/mol. The van der Waals surface area contributed by atoms with Gasteiger partial charge in [-0.2, -0.15) is 0 Å². The highest BCUT2D eigenvalue weighted by atomic mass is 16.5. The van der Waals surface area contributed by atoms with E-state index in [1.165, 1.54) is 12.8 Å². The summed E-state index contributed by atoms with van der Waals surface area (Å²) < 4.78 is 5.30. The second-order valence-corrected chi connectivity index (χ2v) is 5.84. The summed E-state index contributed by atoms with van der Waals surface area (Å²) in [4.78, 5) is 2.51. The van der Waals surface area contributed by atoms with Gasteiger partial charge in [0.2, 0.25) is 0 Å². The average molecular weight is 292 g/mol. The first-order valence-electron chi connectivity index (χ1n) is 8.00. The van der Waals surface area contributed by atoms with E-state index in [4.69, 9.17) is 4.74 Å². The third-order valence-corrected chi connectivity index (χ3v) is 4.40. The van der Waals surface area contributed by atoms with Crippen molar-refractivity contribution in [2.24, 2.45) is 0 Å². The van der Waals surface area contributed by atoms with Crippen molar-refractivity contribution < 1.29 is 9.84 Å². The normalized spacial score (nSPS) is 20.5. The number of hydrogen-bond acceptors (Lipinski definition) is 4. The summed E-state index contributed by atoms with van der Waals surface area (Å²) in [6.45, 7) is 7.59. The Morgan fingerprint density at radius 3 is 2.90 bits per heavy atom. The number of nitrogens with one attached hydrogen (secondary N) is 1. The molecule has 0 aromatic heterocycles. The van der Waals surface area contributed by atoms with E-state index in [0.29, 0.717) is 11.8 Å². The van der Waals surface area contributed by atoms with Crippen LogP contribution < -0.4 is 10.1 Å². The average Bonchev–Trinajstić information content (AvgIpc) is 2.53. The van der Waals surface area contributed by atoms with Gasteiger partial charge in [0.15, 0.2) is 0 Å². The van der Waals surface area contributed by atoms with E-state index in [9.17, 15) is 5.11 Å². The Hall–Kier alpha value is -1.26. The van der Waals surface area contributed by atoms with Crippen molar-refractivity contribution >= 4 is 0 Å². The van der Waals surface area contributed by atoms with Crippen molar-refractivity contribution in [2.75, 3.05) is 26.7 Å². The molecule has 21 heavy (non-hydrogen) atoms. The van der Waals surface area contributed by atoms with Crippen LogP contribution in [0.4, 0.5) is 0 Å². The lowest BCUT2D eigenvalue weighted by atomic mass is 9.99. The number of piperidine rings is 1. The molecule has 1 heterocycles. The Morgan fingerprint density at radius 2 is 2.29 bits per heavy atom. The molecule has 1 aliphatic heterocycles. The largest absolute Gasteiger partial charge is 0.508 e. The Balaban J connectivity index is 2.22. The third-order valence-electron chi connectivity index (χ3n) is 4.40. The maximum absolute atomic E-state index is 10.2. The molecule has 0 aliphatic carbocycles. The highest BCUT2D eigenvalue weighted by molar-refractivity contribution is 5.41. The van der Waals surface area contributed by atoms with Gasteiger partial charge in [0.05, 0.1) is 7.11 Å². The van der Waals surface area contributed by atoms with Gasteiger partial charge in [0.1, 0.15) is 11.5 Å². The lowest BCUT2D eigenvalue weighted by Crippen LogP contribution is -2.47. The van der Waals surface area contributed by atoms with Gasteiger partial charge in [-0.05, 0) is 57.5 Å². The quantitative estimate of drug-likeness (QED) is 0.846. The van der Waals surface area contributed by atoms with E-state index in [2.05, 4.69) is 24.1 Å². The number of phenolic OH excluding ortho intramolecular Hbond substituents is 1.